The van der Waals surface area contributed by atoms with Crippen LogP contribution in [0.2, 0.25) is 0 Å². The van der Waals surface area contributed by atoms with Crippen LogP contribution in [0.5, 0.6) is 0 Å². The summed E-state index contributed by atoms with van der Waals surface area (Å²) in [5.74, 6) is 0.697. The van der Waals surface area contributed by atoms with Crippen molar-refractivity contribution in [1.29, 1.82) is 0 Å². The third-order valence-corrected chi connectivity index (χ3v) is 2.37. The van der Waals surface area contributed by atoms with Gasteiger partial charge in [-0.25, -0.2) is 4.98 Å². The summed E-state index contributed by atoms with van der Waals surface area (Å²) >= 11 is 0. The van der Waals surface area contributed by atoms with Crippen molar-refractivity contribution in [3.8, 4) is 0 Å². The molecular formula is C10H17N7. The minimum Gasteiger partial charge on any atom is -0.329 e. The van der Waals surface area contributed by atoms with E-state index in [1.807, 2.05) is 10.8 Å². The second kappa shape index (κ2) is 5.53. The Kier molecular flexibility index (Phi) is 3.81. The third-order valence-electron chi connectivity index (χ3n) is 2.37. The Morgan fingerprint density at radius 2 is 2.29 bits per heavy atom. The first kappa shape index (κ1) is 11.7. The van der Waals surface area contributed by atoms with Crippen molar-refractivity contribution in [3.05, 3.63) is 24.0 Å². The van der Waals surface area contributed by atoms with E-state index in [0.717, 1.165) is 25.2 Å². The number of tetrazole rings is 1. The summed E-state index contributed by atoms with van der Waals surface area (Å²) in [4.78, 5) is 5.79. The molecule has 0 atom stereocenters. The number of hydrogen-bond acceptors (Lipinski definition) is 5. The Labute approximate surface area is 99.9 Å². The molecule has 2 heterocycles. The topological polar surface area (TPSA) is 73.5 Å². The van der Waals surface area contributed by atoms with Gasteiger partial charge in [-0.05, 0) is 11.8 Å². The molecule has 0 bridgehead atoms. The van der Waals surface area contributed by atoms with Crippen LogP contribution in [0.15, 0.2) is 12.5 Å². The van der Waals surface area contributed by atoms with Crippen molar-refractivity contribution >= 4 is 0 Å². The second-order valence-corrected chi connectivity index (χ2v) is 3.84. The summed E-state index contributed by atoms with van der Waals surface area (Å²) in [6.07, 6.45) is 4.76. The normalized spacial score (nSPS) is 10.9. The molecule has 0 spiro atoms. The van der Waals surface area contributed by atoms with Gasteiger partial charge in [0.2, 0.25) is 0 Å². The van der Waals surface area contributed by atoms with Crippen molar-refractivity contribution in [2.75, 3.05) is 13.1 Å². The molecule has 7 heteroatoms. The molecule has 0 radical (unpaired) electrons. The van der Waals surface area contributed by atoms with Crippen LogP contribution in [0.1, 0.15) is 18.4 Å². The molecule has 0 aliphatic carbocycles. The van der Waals surface area contributed by atoms with E-state index in [-0.39, 0.29) is 0 Å². The number of likely N-dealkylation sites (N-methyl/N-ethyl adjacent to an activating group) is 1. The lowest BCUT2D eigenvalue weighted by molar-refractivity contribution is 0.625. The maximum atomic E-state index is 4.33. The standard InChI is InChI=1S/C10H17N7/c1-3-11-5-4-9-6-17(8-12-9)7-10-13-15-16(2)14-10/h6,8,11H,3-5,7H2,1-2H3. The molecule has 92 valence electrons. The molecular weight excluding hydrogens is 218 g/mol. The number of rotatable bonds is 6. The molecule has 0 aromatic carbocycles. The fourth-order valence-corrected chi connectivity index (χ4v) is 1.57. The molecule has 2 rings (SSSR count). The molecule has 0 aliphatic rings. The predicted octanol–water partition coefficient (Wildman–Crippen LogP) is -0.393. The van der Waals surface area contributed by atoms with Crippen molar-refractivity contribution in [2.45, 2.75) is 19.9 Å². The van der Waals surface area contributed by atoms with Crippen LogP contribution < -0.4 is 5.32 Å². The number of nitrogens with one attached hydrogen (secondary N) is 1. The second-order valence-electron chi connectivity index (χ2n) is 3.84. The lowest BCUT2D eigenvalue weighted by Crippen LogP contribution is -2.16. The zero-order valence-electron chi connectivity index (χ0n) is 10.2. The van der Waals surface area contributed by atoms with Crippen molar-refractivity contribution in [3.63, 3.8) is 0 Å². The first-order valence-electron chi connectivity index (χ1n) is 5.72. The molecule has 1 N–H and O–H groups in total. The molecule has 2 aromatic heterocycles. The summed E-state index contributed by atoms with van der Waals surface area (Å²) in [5, 5.41) is 15.1. The highest BCUT2D eigenvalue weighted by Gasteiger charge is 2.03. The van der Waals surface area contributed by atoms with E-state index in [2.05, 4.69) is 32.6 Å². The Balaban J connectivity index is 1.89. The Hall–Kier alpha value is -1.76. The van der Waals surface area contributed by atoms with Gasteiger partial charge in [0.25, 0.3) is 0 Å². The molecule has 0 amide bonds. The minimum atomic E-state index is 0.613. The van der Waals surface area contributed by atoms with Crippen molar-refractivity contribution < 1.29 is 0 Å². The van der Waals surface area contributed by atoms with Gasteiger partial charge < -0.3 is 9.88 Å². The maximum absolute atomic E-state index is 4.33. The summed E-state index contributed by atoms with van der Waals surface area (Å²) in [6, 6.07) is 0. The van der Waals surface area contributed by atoms with Gasteiger partial charge in [-0.2, -0.15) is 4.80 Å². The van der Waals surface area contributed by atoms with E-state index in [4.69, 9.17) is 0 Å². The quantitative estimate of drug-likeness (QED) is 0.690. The Morgan fingerprint density at radius 1 is 1.41 bits per heavy atom. The van der Waals surface area contributed by atoms with Crippen LogP contribution in [0.4, 0.5) is 0 Å². The van der Waals surface area contributed by atoms with Crippen LogP contribution in [-0.4, -0.2) is 42.8 Å². The number of hydrogen-bond donors (Lipinski definition) is 1. The lowest BCUT2D eigenvalue weighted by Gasteiger charge is -1.97. The van der Waals surface area contributed by atoms with Gasteiger partial charge in [-0.1, -0.05) is 6.92 Å². The van der Waals surface area contributed by atoms with Crippen LogP contribution in [0, 0.1) is 0 Å². The maximum Gasteiger partial charge on any atom is 0.194 e. The molecule has 7 nitrogen and oxygen atoms in total. The first-order valence-corrected chi connectivity index (χ1v) is 5.72. The lowest BCUT2D eigenvalue weighted by atomic mass is 10.3. The van der Waals surface area contributed by atoms with Gasteiger partial charge in [0, 0.05) is 19.2 Å². The van der Waals surface area contributed by atoms with Gasteiger partial charge in [0.05, 0.1) is 25.6 Å². The SMILES string of the molecule is CCNCCc1cn(Cc2nnn(C)n2)cn1. The minimum absolute atomic E-state index is 0.613. The van der Waals surface area contributed by atoms with Gasteiger partial charge in [0.15, 0.2) is 5.82 Å². The first-order chi connectivity index (χ1) is 8.28. The largest absolute Gasteiger partial charge is 0.329 e. The van der Waals surface area contributed by atoms with Crippen LogP contribution in [0.25, 0.3) is 0 Å². The van der Waals surface area contributed by atoms with E-state index in [0.29, 0.717) is 12.4 Å². The zero-order valence-corrected chi connectivity index (χ0v) is 10.2. The van der Waals surface area contributed by atoms with E-state index in [1.54, 1.807) is 13.4 Å². The van der Waals surface area contributed by atoms with Crippen LogP contribution >= 0.6 is 0 Å². The highest BCUT2D eigenvalue weighted by Crippen LogP contribution is 1.99. The summed E-state index contributed by atoms with van der Waals surface area (Å²) in [6.45, 7) is 4.65. The van der Waals surface area contributed by atoms with Crippen molar-refractivity contribution in [1.82, 2.24) is 35.1 Å². The van der Waals surface area contributed by atoms with E-state index in [9.17, 15) is 0 Å². The Morgan fingerprint density at radius 3 is 3.00 bits per heavy atom. The molecule has 2 aromatic rings. The summed E-state index contributed by atoms with van der Waals surface area (Å²) in [7, 11) is 1.76. The zero-order chi connectivity index (χ0) is 12.1. The fraction of sp³-hybridized carbons (Fsp3) is 0.600. The van der Waals surface area contributed by atoms with Gasteiger partial charge in [0.1, 0.15) is 0 Å². The monoisotopic (exact) mass is 235 g/mol. The molecule has 0 fully saturated rings. The van der Waals surface area contributed by atoms with Crippen LogP contribution in [-0.2, 0) is 20.0 Å². The number of aryl methyl sites for hydroxylation is 1. The van der Waals surface area contributed by atoms with E-state index in [1.165, 1.54) is 4.80 Å². The third kappa shape index (κ3) is 3.35. The number of nitrogens with zero attached hydrogens (tertiary/aromatic N) is 6. The van der Waals surface area contributed by atoms with E-state index < -0.39 is 0 Å². The molecule has 17 heavy (non-hydrogen) atoms. The average Bonchev–Trinajstić information content (AvgIpc) is 2.90. The number of imidazole rings is 1. The molecule has 0 saturated carbocycles. The Bertz CT molecular complexity index is 459. The average molecular weight is 235 g/mol. The van der Waals surface area contributed by atoms with E-state index >= 15 is 0 Å². The van der Waals surface area contributed by atoms with Crippen LogP contribution in [0.3, 0.4) is 0 Å². The van der Waals surface area contributed by atoms with Crippen molar-refractivity contribution in [2.24, 2.45) is 7.05 Å². The molecule has 0 unspecified atom stereocenters. The fourth-order valence-electron chi connectivity index (χ4n) is 1.57. The smallest absolute Gasteiger partial charge is 0.194 e. The van der Waals surface area contributed by atoms with Gasteiger partial charge in [-0.3, -0.25) is 0 Å². The van der Waals surface area contributed by atoms with Gasteiger partial charge in [-0.15, -0.1) is 10.2 Å². The highest BCUT2D eigenvalue weighted by molar-refractivity contribution is 4.98. The highest BCUT2D eigenvalue weighted by atomic mass is 15.6. The molecule has 0 saturated heterocycles. The molecule has 0 aliphatic heterocycles. The van der Waals surface area contributed by atoms with Gasteiger partial charge >= 0.3 is 0 Å². The summed E-state index contributed by atoms with van der Waals surface area (Å²) < 4.78 is 1.97. The summed E-state index contributed by atoms with van der Waals surface area (Å²) in [5.41, 5.74) is 1.08. The predicted molar refractivity (Wildman–Crippen MR) is 62.4 cm³/mol. The number of aromatic nitrogens is 6.